The summed E-state index contributed by atoms with van der Waals surface area (Å²) in [5, 5.41) is 22.7. The number of anilines is 2. The Labute approximate surface area is 158 Å². The predicted octanol–water partition coefficient (Wildman–Crippen LogP) is 2.25. The van der Waals surface area contributed by atoms with Crippen LogP contribution in [-0.2, 0) is 6.42 Å². The van der Waals surface area contributed by atoms with E-state index in [-0.39, 0.29) is 22.2 Å². The lowest BCUT2D eigenvalue weighted by Gasteiger charge is -2.06. The van der Waals surface area contributed by atoms with Crippen LogP contribution in [0.4, 0.5) is 15.9 Å². The quantitative estimate of drug-likeness (QED) is 0.557. The third-order valence-corrected chi connectivity index (χ3v) is 4.25. The maximum absolute atomic E-state index is 13.1. The molecule has 2 heterocycles. The van der Waals surface area contributed by atoms with Gasteiger partial charge in [-0.1, -0.05) is 11.6 Å². The molecule has 0 aliphatic heterocycles. The summed E-state index contributed by atoms with van der Waals surface area (Å²) in [6, 6.07) is 7.72. The molecule has 0 radical (unpaired) electrons. The molecule has 10 heteroatoms. The highest BCUT2D eigenvalue weighted by Gasteiger charge is 2.16. The number of aromatic amines is 1. The Morgan fingerprint density at radius 1 is 1.37 bits per heavy atom. The zero-order valence-electron chi connectivity index (χ0n) is 14.0. The summed E-state index contributed by atoms with van der Waals surface area (Å²) in [6.07, 6.45) is 2.51. The minimum absolute atomic E-state index is 0.0348. The highest BCUT2D eigenvalue weighted by atomic mass is 35.5. The van der Waals surface area contributed by atoms with Crippen LogP contribution < -0.4 is 16.6 Å². The molecule has 3 rings (SSSR count). The number of nitrogens with one attached hydrogen (secondary N) is 2. The number of halogens is 2. The number of nitrogens with zero attached hydrogens (tertiary/aromatic N) is 4. The third kappa shape index (κ3) is 3.91. The summed E-state index contributed by atoms with van der Waals surface area (Å²) in [7, 11) is 0. The Bertz CT molecular complexity index is 1050. The zero-order valence-corrected chi connectivity index (χ0v) is 14.8. The van der Waals surface area contributed by atoms with Crippen LogP contribution in [0.3, 0.4) is 0 Å². The fourth-order valence-corrected chi connectivity index (χ4v) is 2.70. The number of rotatable bonds is 6. The van der Waals surface area contributed by atoms with Crippen molar-refractivity contribution < 1.29 is 4.39 Å². The molecule has 8 nitrogen and oxygen atoms in total. The van der Waals surface area contributed by atoms with E-state index in [4.69, 9.17) is 17.3 Å². The van der Waals surface area contributed by atoms with Crippen molar-refractivity contribution in [2.45, 2.75) is 12.8 Å². The Morgan fingerprint density at radius 3 is 2.81 bits per heavy atom. The van der Waals surface area contributed by atoms with Crippen molar-refractivity contribution in [3.63, 3.8) is 0 Å². The number of hydrogen-bond donors (Lipinski definition) is 3. The second kappa shape index (κ2) is 7.88. The molecule has 3 aromatic rings. The van der Waals surface area contributed by atoms with Gasteiger partial charge < -0.3 is 11.1 Å². The molecule has 1 aromatic carbocycles. The summed E-state index contributed by atoms with van der Waals surface area (Å²) >= 11 is 5.89. The van der Waals surface area contributed by atoms with E-state index in [1.807, 2.05) is 0 Å². The number of benzene rings is 1. The van der Waals surface area contributed by atoms with Gasteiger partial charge in [-0.15, -0.1) is 0 Å². The number of nitriles is 1. The Hall–Kier alpha value is -3.38. The van der Waals surface area contributed by atoms with Crippen molar-refractivity contribution in [3.05, 3.63) is 62.9 Å². The number of aryl methyl sites for hydroxylation is 1. The molecule has 0 aliphatic rings. The Balaban J connectivity index is 1.71. The van der Waals surface area contributed by atoms with E-state index in [0.29, 0.717) is 36.5 Å². The van der Waals surface area contributed by atoms with Crippen LogP contribution in [0.2, 0.25) is 5.02 Å². The molecule has 0 saturated carbocycles. The molecule has 0 fully saturated rings. The van der Waals surface area contributed by atoms with E-state index in [9.17, 15) is 14.4 Å². The lowest BCUT2D eigenvalue weighted by atomic mass is 10.1. The molecule has 2 aromatic heterocycles. The van der Waals surface area contributed by atoms with E-state index in [1.165, 1.54) is 35.1 Å². The highest BCUT2D eigenvalue weighted by molar-refractivity contribution is 6.32. The van der Waals surface area contributed by atoms with Gasteiger partial charge in [-0.25, -0.2) is 14.2 Å². The molecule has 0 unspecified atom stereocenters. The highest BCUT2D eigenvalue weighted by Crippen LogP contribution is 2.22. The molecule has 0 spiro atoms. The molecule has 0 bridgehead atoms. The van der Waals surface area contributed by atoms with E-state index in [2.05, 4.69) is 26.7 Å². The Kier molecular flexibility index (Phi) is 5.38. The molecular formula is C17H15ClFN7O. The van der Waals surface area contributed by atoms with Crippen LogP contribution in [0.5, 0.6) is 0 Å². The lowest BCUT2D eigenvalue weighted by Crippen LogP contribution is -2.13. The summed E-state index contributed by atoms with van der Waals surface area (Å²) in [6.45, 7) is 0.485. The fourth-order valence-electron chi connectivity index (χ4n) is 2.54. The van der Waals surface area contributed by atoms with Gasteiger partial charge in [0.15, 0.2) is 0 Å². The largest absolute Gasteiger partial charge is 0.382 e. The number of nitrogen functional groups attached to an aromatic ring is 1. The third-order valence-electron chi connectivity index (χ3n) is 3.88. The smallest absolute Gasteiger partial charge is 0.285 e. The fraction of sp³-hybridized carbons (Fsp3) is 0.176. The summed E-state index contributed by atoms with van der Waals surface area (Å²) in [4.78, 5) is 11.4. The van der Waals surface area contributed by atoms with Gasteiger partial charge in [0.1, 0.15) is 28.3 Å². The first-order valence-electron chi connectivity index (χ1n) is 8.01. The lowest BCUT2D eigenvalue weighted by molar-refractivity contribution is 0.627. The maximum Gasteiger partial charge on any atom is 0.285 e. The van der Waals surface area contributed by atoms with Crippen LogP contribution in [0.25, 0.3) is 5.69 Å². The second-order valence-corrected chi connectivity index (χ2v) is 6.04. The van der Waals surface area contributed by atoms with Crippen LogP contribution in [0.15, 0.2) is 35.3 Å². The number of hydrogen-bond acceptors (Lipinski definition) is 6. The molecule has 0 amide bonds. The second-order valence-electron chi connectivity index (χ2n) is 5.66. The average molecular weight is 388 g/mol. The first-order chi connectivity index (χ1) is 13.0. The van der Waals surface area contributed by atoms with Crippen molar-refractivity contribution in [1.82, 2.24) is 20.0 Å². The van der Waals surface area contributed by atoms with Gasteiger partial charge in [0.25, 0.3) is 5.56 Å². The van der Waals surface area contributed by atoms with Crippen molar-refractivity contribution >= 4 is 23.1 Å². The summed E-state index contributed by atoms with van der Waals surface area (Å²) in [5.74, 6) is -0.168. The maximum atomic E-state index is 13.1. The first-order valence-corrected chi connectivity index (χ1v) is 8.39. The minimum Gasteiger partial charge on any atom is -0.382 e. The predicted molar refractivity (Wildman–Crippen MR) is 99.3 cm³/mol. The van der Waals surface area contributed by atoms with Crippen molar-refractivity contribution in [2.75, 3.05) is 17.6 Å². The molecule has 0 atom stereocenters. The number of nitrogens with two attached hydrogens (primary N) is 1. The SMILES string of the molecule is N#Cc1c(CCCNc2cn[nH]c(=O)c2Cl)nn(-c2ccc(F)cc2)c1N. The standard InChI is InChI=1S/C17H15ClFN7O/c18-15-14(9-23-24-17(15)27)22-7-1-2-13-12(8-20)16(21)26(25-13)11-5-3-10(19)4-6-11/h3-6,9H,1-2,7,21H2,(H2,22,24,27). The summed E-state index contributed by atoms with van der Waals surface area (Å²) in [5.41, 5.74) is 7.37. The van der Waals surface area contributed by atoms with Crippen molar-refractivity contribution in [1.29, 1.82) is 5.26 Å². The molecule has 0 aliphatic carbocycles. The monoisotopic (exact) mass is 387 g/mol. The van der Waals surface area contributed by atoms with Crippen LogP contribution >= 0.6 is 11.6 Å². The zero-order chi connectivity index (χ0) is 19.4. The van der Waals surface area contributed by atoms with Crippen molar-refractivity contribution in [2.24, 2.45) is 0 Å². The van der Waals surface area contributed by atoms with Gasteiger partial charge >= 0.3 is 0 Å². The minimum atomic E-state index is -0.473. The van der Waals surface area contributed by atoms with E-state index < -0.39 is 5.56 Å². The van der Waals surface area contributed by atoms with Crippen LogP contribution in [0.1, 0.15) is 17.7 Å². The molecule has 0 saturated heterocycles. The van der Waals surface area contributed by atoms with E-state index in [0.717, 1.165) is 0 Å². The number of H-pyrrole nitrogens is 1. The van der Waals surface area contributed by atoms with Gasteiger partial charge in [0.2, 0.25) is 0 Å². The van der Waals surface area contributed by atoms with Gasteiger partial charge in [0.05, 0.1) is 23.3 Å². The summed E-state index contributed by atoms with van der Waals surface area (Å²) < 4.78 is 14.5. The normalized spacial score (nSPS) is 10.6. The van der Waals surface area contributed by atoms with Gasteiger partial charge in [-0.05, 0) is 37.1 Å². The molecule has 138 valence electrons. The Morgan fingerprint density at radius 2 is 2.11 bits per heavy atom. The van der Waals surface area contributed by atoms with Crippen LogP contribution in [0, 0.1) is 17.1 Å². The molecule has 4 N–H and O–H groups in total. The van der Waals surface area contributed by atoms with Gasteiger partial charge in [-0.3, -0.25) is 4.79 Å². The van der Waals surface area contributed by atoms with Gasteiger partial charge in [-0.2, -0.15) is 15.5 Å². The van der Waals surface area contributed by atoms with E-state index >= 15 is 0 Å². The number of aromatic nitrogens is 4. The van der Waals surface area contributed by atoms with E-state index in [1.54, 1.807) is 0 Å². The van der Waals surface area contributed by atoms with Gasteiger partial charge in [0, 0.05) is 6.54 Å². The van der Waals surface area contributed by atoms with Crippen molar-refractivity contribution in [3.8, 4) is 11.8 Å². The molecule has 27 heavy (non-hydrogen) atoms. The van der Waals surface area contributed by atoms with Crippen LogP contribution in [-0.4, -0.2) is 26.5 Å². The topological polar surface area (TPSA) is 125 Å². The molecular weight excluding hydrogens is 373 g/mol. The first kappa shape index (κ1) is 18.4. The average Bonchev–Trinajstić information content (AvgIpc) is 2.98.